The van der Waals surface area contributed by atoms with Crippen molar-refractivity contribution in [1.29, 1.82) is 0 Å². The molecule has 0 aliphatic heterocycles. The smallest absolute Gasteiger partial charge is 0.306 e. The quantitative estimate of drug-likeness (QED) is 0.744. The first-order valence-corrected chi connectivity index (χ1v) is 5.70. The average molecular weight is 279 g/mol. The Hall–Kier alpha value is -2.57. The molecular formula is C13H8F3N3O. The van der Waals surface area contributed by atoms with Gasteiger partial charge in [-0.15, -0.1) is 0 Å². The molecule has 0 atom stereocenters. The highest BCUT2D eigenvalue weighted by molar-refractivity contribution is 5.73. The normalized spacial score (nSPS) is 11.9. The molecule has 3 aromatic rings. The molecule has 102 valence electrons. The average Bonchev–Trinajstić information content (AvgIpc) is 2.80. The van der Waals surface area contributed by atoms with Crippen molar-refractivity contribution < 1.29 is 13.2 Å². The van der Waals surface area contributed by atoms with Crippen LogP contribution in [0.15, 0.2) is 47.5 Å². The van der Waals surface area contributed by atoms with Gasteiger partial charge in [-0.3, -0.25) is 9.36 Å². The SMILES string of the molecule is O=c1ccc2ncn(-c3ccccc3C(F)(F)F)c2[nH]1. The van der Waals surface area contributed by atoms with Crippen LogP contribution in [-0.4, -0.2) is 14.5 Å². The number of nitrogens with zero attached hydrogens (tertiary/aromatic N) is 2. The van der Waals surface area contributed by atoms with Crippen molar-refractivity contribution in [3.8, 4) is 5.69 Å². The zero-order valence-electron chi connectivity index (χ0n) is 9.98. The molecule has 3 rings (SSSR count). The first kappa shape index (κ1) is 12.5. The van der Waals surface area contributed by atoms with E-state index >= 15 is 0 Å². The number of para-hydroxylation sites is 1. The minimum Gasteiger partial charge on any atom is -0.306 e. The van der Waals surface area contributed by atoms with Crippen LogP contribution in [0.2, 0.25) is 0 Å². The van der Waals surface area contributed by atoms with Gasteiger partial charge in [0.05, 0.1) is 11.3 Å². The highest BCUT2D eigenvalue weighted by Gasteiger charge is 2.33. The highest BCUT2D eigenvalue weighted by Crippen LogP contribution is 2.34. The van der Waals surface area contributed by atoms with Gasteiger partial charge in [-0.05, 0) is 18.2 Å². The Morgan fingerprint density at radius 3 is 2.60 bits per heavy atom. The monoisotopic (exact) mass is 279 g/mol. The fourth-order valence-electron chi connectivity index (χ4n) is 2.03. The number of aromatic nitrogens is 3. The van der Waals surface area contributed by atoms with Crippen molar-refractivity contribution in [2.45, 2.75) is 6.18 Å². The molecule has 0 amide bonds. The van der Waals surface area contributed by atoms with E-state index in [2.05, 4.69) is 9.97 Å². The third-order valence-electron chi connectivity index (χ3n) is 2.90. The van der Waals surface area contributed by atoms with Gasteiger partial charge in [0.15, 0.2) is 0 Å². The van der Waals surface area contributed by atoms with Crippen molar-refractivity contribution in [2.75, 3.05) is 0 Å². The predicted octanol–water partition coefficient (Wildman–Crippen LogP) is 2.73. The molecule has 0 fully saturated rings. The minimum atomic E-state index is -4.48. The molecule has 4 nitrogen and oxygen atoms in total. The fourth-order valence-corrected chi connectivity index (χ4v) is 2.03. The second-order valence-corrected chi connectivity index (χ2v) is 4.19. The summed E-state index contributed by atoms with van der Waals surface area (Å²) in [5, 5.41) is 0. The molecule has 7 heteroatoms. The van der Waals surface area contributed by atoms with Gasteiger partial charge in [0.25, 0.3) is 0 Å². The standard InChI is InChI=1S/C13H8F3N3O/c14-13(15,16)8-3-1-2-4-10(8)19-7-17-9-5-6-11(20)18-12(9)19/h1-7H,(H,18,20). The second-order valence-electron chi connectivity index (χ2n) is 4.19. The van der Waals surface area contributed by atoms with E-state index in [0.29, 0.717) is 5.52 Å². The van der Waals surface area contributed by atoms with E-state index in [1.807, 2.05) is 0 Å². The molecule has 0 aliphatic carbocycles. The van der Waals surface area contributed by atoms with E-state index < -0.39 is 17.3 Å². The van der Waals surface area contributed by atoms with Gasteiger partial charge in [0.2, 0.25) is 5.56 Å². The van der Waals surface area contributed by atoms with E-state index in [1.165, 1.54) is 41.2 Å². The summed E-state index contributed by atoms with van der Waals surface area (Å²) in [7, 11) is 0. The van der Waals surface area contributed by atoms with Crippen molar-refractivity contribution in [2.24, 2.45) is 0 Å². The maximum Gasteiger partial charge on any atom is 0.418 e. The number of rotatable bonds is 1. The molecule has 1 N–H and O–H groups in total. The molecule has 0 bridgehead atoms. The molecule has 0 saturated carbocycles. The fraction of sp³-hybridized carbons (Fsp3) is 0.0769. The number of hydrogen-bond acceptors (Lipinski definition) is 2. The van der Waals surface area contributed by atoms with Gasteiger partial charge in [0.1, 0.15) is 17.5 Å². The lowest BCUT2D eigenvalue weighted by molar-refractivity contribution is -0.137. The van der Waals surface area contributed by atoms with E-state index in [9.17, 15) is 18.0 Å². The van der Waals surface area contributed by atoms with Crippen molar-refractivity contribution in [1.82, 2.24) is 14.5 Å². The van der Waals surface area contributed by atoms with Crippen LogP contribution in [0.1, 0.15) is 5.56 Å². The number of halogens is 3. The Morgan fingerprint density at radius 1 is 1.10 bits per heavy atom. The van der Waals surface area contributed by atoms with Crippen molar-refractivity contribution in [3.63, 3.8) is 0 Å². The maximum atomic E-state index is 13.0. The highest BCUT2D eigenvalue weighted by atomic mass is 19.4. The first-order chi connectivity index (χ1) is 9.47. The van der Waals surface area contributed by atoms with E-state index in [0.717, 1.165) is 6.07 Å². The van der Waals surface area contributed by atoms with Gasteiger partial charge >= 0.3 is 6.18 Å². The van der Waals surface area contributed by atoms with Crippen LogP contribution < -0.4 is 5.56 Å². The number of fused-ring (bicyclic) bond motifs is 1. The molecule has 1 aromatic carbocycles. The summed E-state index contributed by atoms with van der Waals surface area (Å²) in [5.74, 6) is 0. The van der Waals surface area contributed by atoms with E-state index in [1.54, 1.807) is 0 Å². The number of pyridine rings is 1. The molecule has 2 aromatic heterocycles. The van der Waals surface area contributed by atoms with Gasteiger partial charge in [-0.1, -0.05) is 12.1 Å². The molecule has 0 unspecified atom stereocenters. The van der Waals surface area contributed by atoms with Gasteiger partial charge in [0, 0.05) is 6.07 Å². The van der Waals surface area contributed by atoms with Crippen LogP contribution in [-0.2, 0) is 6.18 Å². The first-order valence-electron chi connectivity index (χ1n) is 5.70. The number of hydrogen-bond donors (Lipinski definition) is 1. The topological polar surface area (TPSA) is 50.7 Å². The Bertz CT molecular complexity index is 832. The van der Waals surface area contributed by atoms with Gasteiger partial charge < -0.3 is 4.98 Å². The Labute approximate surface area is 110 Å². The summed E-state index contributed by atoms with van der Waals surface area (Å²) < 4.78 is 40.3. The Balaban J connectivity index is 2.32. The van der Waals surface area contributed by atoms with Crippen LogP contribution in [0, 0.1) is 0 Å². The summed E-state index contributed by atoms with van der Waals surface area (Å²) >= 11 is 0. The summed E-state index contributed by atoms with van der Waals surface area (Å²) in [6.07, 6.45) is -3.23. The largest absolute Gasteiger partial charge is 0.418 e. The summed E-state index contributed by atoms with van der Waals surface area (Å²) in [4.78, 5) is 17.8. The second kappa shape index (κ2) is 4.22. The summed E-state index contributed by atoms with van der Waals surface area (Å²) in [5.41, 5.74) is -0.618. The minimum absolute atomic E-state index is 0.0793. The van der Waals surface area contributed by atoms with Crippen LogP contribution in [0.3, 0.4) is 0 Å². The van der Waals surface area contributed by atoms with Crippen molar-refractivity contribution in [3.05, 3.63) is 58.6 Å². The number of aromatic amines is 1. The van der Waals surface area contributed by atoms with Crippen molar-refractivity contribution >= 4 is 11.2 Å². The molecule has 0 aliphatic rings. The van der Waals surface area contributed by atoms with Crippen LogP contribution >= 0.6 is 0 Å². The third kappa shape index (κ3) is 1.97. The van der Waals surface area contributed by atoms with Gasteiger partial charge in [-0.25, -0.2) is 4.98 Å². The molecule has 0 radical (unpaired) electrons. The lowest BCUT2D eigenvalue weighted by atomic mass is 10.1. The van der Waals surface area contributed by atoms with Crippen LogP contribution in [0.5, 0.6) is 0 Å². The number of benzene rings is 1. The summed E-state index contributed by atoms with van der Waals surface area (Å²) in [6, 6.07) is 7.86. The zero-order valence-corrected chi connectivity index (χ0v) is 9.98. The third-order valence-corrected chi connectivity index (χ3v) is 2.90. The number of imidazole rings is 1. The van der Waals surface area contributed by atoms with Gasteiger partial charge in [-0.2, -0.15) is 13.2 Å². The summed E-state index contributed by atoms with van der Waals surface area (Å²) in [6.45, 7) is 0. The molecule has 2 heterocycles. The maximum absolute atomic E-state index is 13.0. The molecule has 0 spiro atoms. The van der Waals surface area contributed by atoms with Crippen LogP contribution in [0.4, 0.5) is 13.2 Å². The van der Waals surface area contributed by atoms with Crippen LogP contribution in [0.25, 0.3) is 16.9 Å². The number of nitrogens with one attached hydrogen (secondary N) is 1. The molecule has 0 saturated heterocycles. The lowest BCUT2D eigenvalue weighted by Crippen LogP contribution is -2.11. The Morgan fingerprint density at radius 2 is 1.85 bits per heavy atom. The number of H-pyrrole nitrogens is 1. The Kier molecular flexibility index (Phi) is 2.63. The predicted molar refractivity (Wildman–Crippen MR) is 66.7 cm³/mol. The van der Waals surface area contributed by atoms with E-state index in [-0.39, 0.29) is 11.3 Å². The molecular weight excluding hydrogens is 271 g/mol. The number of alkyl halides is 3. The lowest BCUT2D eigenvalue weighted by Gasteiger charge is -2.13. The zero-order chi connectivity index (χ0) is 14.3. The van der Waals surface area contributed by atoms with E-state index in [4.69, 9.17) is 0 Å². The molecule has 20 heavy (non-hydrogen) atoms.